The van der Waals surface area contributed by atoms with Gasteiger partial charge in [0.05, 0.1) is 35.1 Å². The van der Waals surface area contributed by atoms with Gasteiger partial charge in [-0.1, -0.05) is 18.2 Å². The van der Waals surface area contributed by atoms with E-state index in [1.807, 2.05) is 56.3 Å². The summed E-state index contributed by atoms with van der Waals surface area (Å²) in [6, 6.07) is 34.1. The summed E-state index contributed by atoms with van der Waals surface area (Å²) < 4.78 is 69.4. The third-order valence-electron chi connectivity index (χ3n) is 9.85. The number of hydrogen-bond donors (Lipinski definition) is 6. The van der Waals surface area contributed by atoms with Crippen LogP contribution in [-0.2, 0) is 20.2 Å². The molecule has 0 fully saturated rings. The number of rotatable bonds is 15. The van der Waals surface area contributed by atoms with Crippen molar-refractivity contribution in [3.63, 3.8) is 0 Å². The molecule has 0 bridgehead atoms. The second kappa shape index (κ2) is 18.4. The van der Waals surface area contributed by atoms with E-state index < -0.39 is 25.1 Å². The largest absolute Gasteiger partial charge is 0.505 e. The Morgan fingerprint density at radius 1 is 0.683 bits per heavy atom. The van der Waals surface area contributed by atoms with Crippen LogP contribution >= 0.6 is 0 Å². The molecule has 7 aromatic rings. The predicted molar refractivity (Wildman–Crippen MR) is 243 cm³/mol. The number of nitrogens with zero attached hydrogens (tertiary/aromatic N) is 4. The molecule has 16 nitrogen and oxygen atoms in total. The number of nitrogens with one attached hydrogen (secondary N) is 2. The topological polar surface area (TPSA) is 255 Å². The van der Waals surface area contributed by atoms with Gasteiger partial charge in [-0.15, -0.1) is 10.2 Å². The molecule has 18 heteroatoms. The van der Waals surface area contributed by atoms with E-state index in [1.54, 1.807) is 66.7 Å². The molecule has 1 amide bonds. The van der Waals surface area contributed by atoms with Crippen molar-refractivity contribution in [3.8, 4) is 11.5 Å². The number of fused-ring (bicyclic) bond motifs is 2. The van der Waals surface area contributed by atoms with Gasteiger partial charge in [0.15, 0.2) is 5.75 Å². The first-order chi connectivity index (χ1) is 30.0. The normalized spacial score (nSPS) is 12.1. The first-order valence-corrected chi connectivity index (χ1v) is 22.4. The van der Waals surface area contributed by atoms with Crippen LogP contribution < -0.4 is 21.1 Å². The lowest BCUT2D eigenvalue weighted by molar-refractivity contribution is 0.102. The number of carbonyl (C=O) groups is 1. The molecule has 0 saturated carbocycles. The number of unbranched alkanes of at least 4 members (excludes halogenated alkanes) is 1. The van der Waals surface area contributed by atoms with Crippen molar-refractivity contribution in [3.05, 3.63) is 138 Å². The standard InChI is InChI=1S/C45H41N7O9S2/c1-27-22-36(23-28(2)43(27)52-51-40-19-10-31-25-33(14-17-38(31)44(40)53)47-35-15-18-39(46)42(26-35)63(58,59)60)50-49-32-11-8-29(9-12-32)45(54)48-34-13-16-37-30(24-34)6-5-7-41(37)61-20-3-4-21-62(55,56)57/h5-19,22-26,47,53H,3-4,20-21,46H2,1-2H3,(H,48,54)(H,55,56,57)(H,58,59,60). The summed E-state index contributed by atoms with van der Waals surface area (Å²) in [5, 5.41) is 37.5. The van der Waals surface area contributed by atoms with Crippen molar-refractivity contribution in [1.82, 2.24) is 0 Å². The molecule has 7 rings (SSSR count). The Labute approximate surface area is 362 Å². The van der Waals surface area contributed by atoms with Crippen LogP contribution in [0.2, 0.25) is 0 Å². The van der Waals surface area contributed by atoms with E-state index in [4.69, 9.17) is 15.0 Å². The quantitative estimate of drug-likeness (QED) is 0.0244. The highest BCUT2D eigenvalue weighted by Gasteiger charge is 2.16. The molecule has 0 atom stereocenters. The Hall–Kier alpha value is -7.25. The van der Waals surface area contributed by atoms with Crippen LogP contribution in [0.15, 0.2) is 147 Å². The number of amides is 1. The van der Waals surface area contributed by atoms with Crippen molar-refractivity contribution < 1.29 is 40.6 Å². The lowest BCUT2D eigenvalue weighted by Gasteiger charge is -2.11. The molecule has 0 aliphatic rings. The van der Waals surface area contributed by atoms with Crippen LogP contribution in [0.4, 0.5) is 45.5 Å². The third kappa shape index (κ3) is 11.0. The van der Waals surface area contributed by atoms with Gasteiger partial charge in [0.2, 0.25) is 0 Å². The molecule has 0 aliphatic carbocycles. The fourth-order valence-electron chi connectivity index (χ4n) is 6.74. The van der Waals surface area contributed by atoms with E-state index in [2.05, 4.69) is 31.1 Å². The van der Waals surface area contributed by atoms with E-state index in [-0.39, 0.29) is 41.8 Å². The van der Waals surface area contributed by atoms with Crippen LogP contribution in [0.5, 0.6) is 11.5 Å². The van der Waals surface area contributed by atoms with E-state index in [9.17, 15) is 31.3 Å². The summed E-state index contributed by atoms with van der Waals surface area (Å²) in [6.07, 6.45) is 0.742. The second-order valence-electron chi connectivity index (χ2n) is 14.6. The number of aromatic hydroxyl groups is 1. The predicted octanol–water partition coefficient (Wildman–Crippen LogP) is 11.0. The number of nitrogen functional groups attached to an aromatic ring is 1. The maximum atomic E-state index is 13.1. The highest BCUT2D eigenvalue weighted by molar-refractivity contribution is 7.86. The number of phenols is 1. The number of anilines is 4. The minimum atomic E-state index is -4.51. The third-order valence-corrected chi connectivity index (χ3v) is 11.6. The van der Waals surface area contributed by atoms with E-state index >= 15 is 0 Å². The zero-order chi connectivity index (χ0) is 44.9. The van der Waals surface area contributed by atoms with Crippen molar-refractivity contribution in [2.24, 2.45) is 20.5 Å². The van der Waals surface area contributed by atoms with Gasteiger partial charge < -0.3 is 26.2 Å². The lowest BCUT2D eigenvalue weighted by Crippen LogP contribution is -2.11. The molecular formula is C45H41N7O9S2. The average Bonchev–Trinajstić information content (AvgIpc) is 3.23. The summed E-state index contributed by atoms with van der Waals surface area (Å²) in [5.74, 6) is -0.0722. The van der Waals surface area contributed by atoms with Crippen molar-refractivity contribution in [2.45, 2.75) is 31.6 Å². The average molecular weight is 888 g/mol. The molecule has 63 heavy (non-hydrogen) atoms. The van der Waals surface area contributed by atoms with Crippen LogP contribution in [0, 0.1) is 13.8 Å². The molecule has 7 N–H and O–H groups in total. The molecule has 0 saturated heterocycles. The number of nitrogens with two attached hydrogens (primary N) is 1. The van der Waals surface area contributed by atoms with Gasteiger partial charge in [-0.3, -0.25) is 13.9 Å². The maximum absolute atomic E-state index is 13.1. The van der Waals surface area contributed by atoms with E-state index in [0.717, 1.165) is 21.9 Å². The Morgan fingerprint density at radius 2 is 1.33 bits per heavy atom. The maximum Gasteiger partial charge on any atom is 0.296 e. The first kappa shape index (κ1) is 43.8. The van der Waals surface area contributed by atoms with E-state index in [0.29, 0.717) is 62.6 Å². The van der Waals surface area contributed by atoms with Gasteiger partial charge in [-0.05, 0) is 152 Å². The minimum Gasteiger partial charge on any atom is -0.505 e. The molecular weight excluding hydrogens is 847 g/mol. The SMILES string of the molecule is Cc1cc(N=Nc2ccc(C(=O)Nc3ccc4c(OCCCCS(=O)(=O)O)cccc4c3)cc2)cc(C)c1N=Nc1ccc2cc(Nc3ccc(N)c(S(=O)(=O)O)c3)ccc2c1O. The zero-order valence-corrected chi connectivity index (χ0v) is 35.5. The molecule has 0 unspecified atom stereocenters. The summed E-state index contributed by atoms with van der Waals surface area (Å²) in [7, 11) is -8.51. The molecule has 0 aliphatic heterocycles. The van der Waals surface area contributed by atoms with E-state index in [1.165, 1.54) is 12.1 Å². The van der Waals surface area contributed by atoms with Gasteiger partial charge in [-0.25, -0.2) is 0 Å². The lowest BCUT2D eigenvalue weighted by atomic mass is 10.1. The van der Waals surface area contributed by atoms with Gasteiger partial charge in [0.1, 0.15) is 16.3 Å². The van der Waals surface area contributed by atoms with Crippen LogP contribution in [0.3, 0.4) is 0 Å². The van der Waals surface area contributed by atoms with Gasteiger partial charge in [0, 0.05) is 33.4 Å². The number of carbonyl (C=O) groups excluding carboxylic acids is 1. The fraction of sp³-hybridized carbons (Fsp3) is 0.133. The summed E-state index contributed by atoms with van der Waals surface area (Å²) in [4.78, 5) is 12.7. The van der Waals surface area contributed by atoms with Gasteiger partial charge in [0.25, 0.3) is 26.1 Å². The Bertz CT molecular complexity index is 3150. The molecule has 0 spiro atoms. The Morgan fingerprint density at radius 3 is 2.06 bits per heavy atom. The van der Waals surface area contributed by atoms with Gasteiger partial charge >= 0.3 is 0 Å². The molecule has 0 heterocycles. The Balaban J connectivity index is 0.963. The zero-order valence-electron chi connectivity index (χ0n) is 33.8. The van der Waals surface area contributed by atoms with Crippen LogP contribution in [0.25, 0.3) is 21.5 Å². The van der Waals surface area contributed by atoms with Crippen LogP contribution in [-0.4, -0.2) is 49.3 Å². The summed E-state index contributed by atoms with van der Waals surface area (Å²) in [5.41, 5.74) is 11.1. The summed E-state index contributed by atoms with van der Waals surface area (Å²) >= 11 is 0. The number of benzene rings is 7. The second-order valence-corrected chi connectivity index (χ2v) is 17.5. The molecule has 322 valence electrons. The number of aryl methyl sites for hydroxylation is 2. The van der Waals surface area contributed by atoms with Crippen molar-refractivity contribution in [2.75, 3.05) is 28.7 Å². The number of phenolic OH excluding ortho intramolecular Hbond substituents is 1. The monoisotopic (exact) mass is 887 g/mol. The van der Waals surface area contributed by atoms with Gasteiger partial charge in [-0.2, -0.15) is 27.1 Å². The highest BCUT2D eigenvalue weighted by Crippen LogP contribution is 2.39. The Kier molecular flexibility index (Phi) is 12.8. The smallest absolute Gasteiger partial charge is 0.296 e. The molecule has 7 aromatic carbocycles. The first-order valence-electron chi connectivity index (χ1n) is 19.4. The molecule has 0 radical (unpaired) electrons. The van der Waals surface area contributed by atoms with Crippen molar-refractivity contribution in [1.29, 1.82) is 0 Å². The highest BCUT2D eigenvalue weighted by atomic mass is 32.2. The number of azo groups is 2. The van der Waals surface area contributed by atoms with Crippen LogP contribution in [0.1, 0.15) is 34.3 Å². The van der Waals surface area contributed by atoms with Crippen molar-refractivity contribution >= 4 is 93.2 Å². The molecule has 0 aromatic heterocycles. The minimum absolute atomic E-state index is 0.0739. The fourth-order valence-corrected chi connectivity index (χ4v) is 7.95. The number of ether oxygens (including phenoxy) is 1. The summed E-state index contributed by atoms with van der Waals surface area (Å²) in [6.45, 7) is 4.02. The number of hydrogen-bond acceptors (Lipinski definition) is 13.